The van der Waals surface area contributed by atoms with Gasteiger partial charge in [-0.2, -0.15) is 0 Å². The number of phenols is 1. The molecule has 0 fully saturated rings. The van der Waals surface area contributed by atoms with E-state index in [-0.39, 0.29) is 18.3 Å². The standard InChI is InChI=1S/C15H16O2/c16-11-10-15(12-4-2-1-3-5-12)13-6-8-14(17)9-7-13/h1-9,15-17H,10-11H2. The molecule has 2 rings (SSSR count). The van der Waals surface area contributed by atoms with Gasteiger partial charge in [-0.05, 0) is 29.7 Å². The predicted molar refractivity (Wildman–Crippen MR) is 68.1 cm³/mol. The van der Waals surface area contributed by atoms with Gasteiger partial charge in [0.15, 0.2) is 0 Å². The van der Waals surface area contributed by atoms with Gasteiger partial charge in [-0.3, -0.25) is 0 Å². The van der Waals surface area contributed by atoms with Crippen molar-refractivity contribution in [3.05, 3.63) is 65.7 Å². The molecule has 2 nitrogen and oxygen atoms in total. The summed E-state index contributed by atoms with van der Waals surface area (Å²) in [6, 6.07) is 17.3. The lowest BCUT2D eigenvalue weighted by molar-refractivity contribution is 0.281. The normalized spacial score (nSPS) is 12.3. The van der Waals surface area contributed by atoms with Crippen LogP contribution < -0.4 is 0 Å². The fraction of sp³-hybridized carbons (Fsp3) is 0.200. The number of hydrogen-bond acceptors (Lipinski definition) is 2. The highest BCUT2D eigenvalue weighted by Gasteiger charge is 2.12. The quantitative estimate of drug-likeness (QED) is 0.844. The Balaban J connectivity index is 2.32. The molecule has 0 aliphatic heterocycles. The summed E-state index contributed by atoms with van der Waals surface area (Å²) in [5.41, 5.74) is 2.30. The second kappa shape index (κ2) is 5.51. The van der Waals surface area contributed by atoms with E-state index < -0.39 is 0 Å². The Morgan fingerprint density at radius 2 is 1.41 bits per heavy atom. The summed E-state index contributed by atoms with van der Waals surface area (Å²) in [6.07, 6.45) is 0.689. The Kier molecular flexibility index (Phi) is 3.78. The number of phenolic OH excluding ortho intramolecular Hbond substituents is 1. The topological polar surface area (TPSA) is 40.5 Å². The highest BCUT2D eigenvalue weighted by molar-refractivity contribution is 5.35. The molecule has 0 spiro atoms. The first-order chi connectivity index (χ1) is 8.31. The van der Waals surface area contributed by atoms with Crippen LogP contribution in [-0.4, -0.2) is 16.8 Å². The van der Waals surface area contributed by atoms with E-state index in [4.69, 9.17) is 5.11 Å². The maximum atomic E-state index is 9.29. The Morgan fingerprint density at radius 3 is 2.00 bits per heavy atom. The molecule has 0 saturated carbocycles. The summed E-state index contributed by atoms with van der Waals surface area (Å²) < 4.78 is 0. The van der Waals surface area contributed by atoms with Gasteiger partial charge in [-0.25, -0.2) is 0 Å². The third-order valence-electron chi connectivity index (χ3n) is 2.92. The SMILES string of the molecule is OCCC(c1ccccc1)c1ccc(O)cc1. The van der Waals surface area contributed by atoms with E-state index >= 15 is 0 Å². The minimum Gasteiger partial charge on any atom is -0.508 e. The molecule has 2 aromatic carbocycles. The first-order valence-corrected chi connectivity index (χ1v) is 5.76. The number of benzene rings is 2. The van der Waals surface area contributed by atoms with Crippen molar-refractivity contribution in [3.63, 3.8) is 0 Å². The van der Waals surface area contributed by atoms with E-state index in [1.807, 2.05) is 30.3 Å². The van der Waals surface area contributed by atoms with Crippen molar-refractivity contribution in [1.29, 1.82) is 0 Å². The molecule has 1 atom stereocenters. The van der Waals surface area contributed by atoms with Gasteiger partial charge in [-0.15, -0.1) is 0 Å². The van der Waals surface area contributed by atoms with Crippen LogP contribution in [0.2, 0.25) is 0 Å². The van der Waals surface area contributed by atoms with Crippen LogP contribution in [0.5, 0.6) is 5.75 Å². The van der Waals surface area contributed by atoms with Gasteiger partial charge in [-0.1, -0.05) is 42.5 Å². The number of hydrogen-bond donors (Lipinski definition) is 2. The second-order valence-corrected chi connectivity index (χ2v) is 4.07. The minimum atomic E-state index is 0.153. The summed E-state index contributed by atoms with van der Waals surface area (Å²) in [7, 11) is 0. The van der Waals surface area contributed by atoms with Crippen molar-refractivity contribution in [2.24, 2.45) is 0 Å². The Hall–Kier alpha value is -1.80. The van der Waals surface area contributed by atoms with Crippen molar-refractivity contribution >= 4 is 0 Å². The van der Waals surface area contributed by atoms with E-state index in [0.29, 0.717) is 6.42 Å². The molecule has 0 amide bonds. The highest BCUT2D eigenvalue weighted by atomic mass is 16.3. The number of aromatic hydroxyl groups is 1. The third-order valence-corrected chi connectivity index (χ3v) is 2.92. The molecule has 2 aromatic rings. The summed E-state index contributed by atoms with van der Waals surface area (Å²) >= 11 is 0. The van der Waals surface area contributed by atoms with Gasteiger partial charge < -0.3 is 10.2 Å². The molecular formula is C15H16O2. The maximum absolute atomic E-state index is 9.29. The molecule has 0 saturated heterocycles. The monoisotopic (exact) mass is 228 g/mol. The molecule has 0 aliphatic carbocycles. The van der Waals surface area contributed by atoms with E-state index in [9.17, 15) is 5.11 Å². The fourth-order valence-electron chi connectivity index (χ4n) is 2.05. The van der Waals surface area contributed by atoms with Crippen LogP contribution in [0.15, 0.2) is 54.6 Å². The first-order valence-electron chi connectivity index (χ1n) is 5.76. The van der Waals surface area contributed by atoms with E-state index in [1.54, 1.807) is 12.1 Å². The zero-order valence-electron chi connectivity index (χ0n) is 9.58. The molecule has 0 aromatic heterocycles. The zero-order chi connectivity index (χ0) is 12.1. The molecule has 88 valence electrons. The second-order valence-electron chi connectivity index (χ2n) is 4.07. The first kappa shape index (κ1) is 11.7. The minimum absolute atomic E-state index is 0.153. The zero-order valence-corrected chi connectivity index (χ0v) is 9.58. The summed E-state index contributed by atoms with van der Waals surface area (Å²) in [4.78, 5) is 0. The van der Waals surface area contributed by atoms with Crippen molar-refractivity contribution in [1.82, 2.24) is 0 Å². The lowest BCUT2D eigenvalue weighted by Crippen LogP contribution is -2.03. The molecule has 0 radical (unpaired) electrons. The third kappa shape index (κ3) is 2.86. The van der Waals surface area contributed by atoms with Crippen LogP contribution in [0, 0.1) is 0 Å². The molecule has 17 heavy (non-hydrogen) atoms. The molecular weight excluding hydrogens is 212 g/mol. The van der Waals surface area contributed by atoms with Gasteiger partial charge in [0.05, 0.1) is 0 Å². The Morgan fingerprint density at radius 1 is 0.824 bits per heavy atom. The Labute approximate surface area is 101 Å². The lowest BCUT2D eigenvalue weighted by atomic mass is 9.89. The smallest absolute Gasteiger partial charge is 0.115 e. The molecule has 0 aliphatic rings. The van der Waals surface area contributed by atoms with Crippen molar-refractivity contribution < 1.29 is 10.2 Å². The molecule has 2 heteroatoms. The molecule has 2 N–H and O–H groups in total. The molecule has 0 heterocycles. The number of rotatable bonds is 4. The predicted octanol–water partition coefficient (Wildman–Crippen LogP) is 2.91. The fourth-order valence-corrected chi connectivity index (χ4v) is 2.05. The average molecular weight is 228 g/mol. The number of aliphatic hydroxyl groups excluding tert-OH is 1. The van der Waals surface area contributed by atoms with Crippen LogP contribution in [0.25, 0.3) is 0 Å². The van der Waals surface area contributed by atoms with Crippen LogP contribution in [0.3, 0.4) is 0 Å². The average Bonchev–Trinajstić information content (AvgIpc) is 2.38. The van der Waals surface area contributed by atoms with Crippen molar-refractivity contribution in [2.45, 2.75) is 12.3 Å². The summed E-state index contributed by atoms with van der Waals surface area (Å²) in [6.45, 7) is 0.153. The molecule has 1 unspecified atom stereocenters. The van der Waals surface area contributed by atoms with Gasteiger partial charge >= 0.3 is 0 Å². The van der Waals surface area contributed by atoms with Crippen LogP contribution in [0.4, 0.5) is 0 Å². The van der Waals surface area contributed by atoms with Gasteiger partial charge in [0.25, 0.3) is 0 Å². The molecule has 0 bridgehead atoms. The Bertz CT molecular complexity index is 448. The van der Waals surface area contributed by atoms with Gasteiger partial charge in [0, 0.05) is 12.5 Å². The summed E-state index contributed by atoms with van der Waals surface area (Å²) in [5, 5.41) is 18.5. The van der Waals surface area contributed by atoms with Gasteiger partial charge in [0.1, 0.15) is 5.75 Å². The van der Waals surface area contributed by atoms with Crippen LogP contribution in [-0.2, 0) is 0 Å². The van der Waals surface area contributed by atoms with Gasteiger partial charge in [0.2, 0.25) is 0 Å². The van der Waals surface area contributed by atoms with Crippen molar-refractivity contribution in [2.75, 3.05) is 6.61 Å². The number of aliphatic hydroxyl groups is 1. The van der Waals surface area contributed by atoms with Crippen LogP contribution in [0.1, 0.15) is 23.5 Å². The van der Waals surface area contributed by atoms with E-state index in [0.717, 1.165) is 5.56 Å². The van der Waals surface area contributed by atoms with Crippen LogP contribution >= 0.6 is 0 Å². The summed E-state index contributed by atoms with van der Waals surface area (Å²) in [5.74, 6) is 0.450. The van der Waals surface area contributed by atoms with E-state index in [1.165, 1.54) is 5.56 Å². The largest absolute Gasteiger partial charge is 0.508 e. The lowest BCUT2D eigenvalue weighted by Gasteiger charge is -2.16. The van der Waals surface area contributed by atoms with E-state index in [2.05, 4.69) is 12.1 Å². The maximum Gasteiger partial charge on any atom is 0.115 e. The van der Waals surface area contributed by atoms with Crippen molar-refractivity contribution in [3.8, 4) is 5.75 Å². The highest BCUT2D eigenvalue weighted by Crippen LogP contribution is 2.28.